The van der Waals surface area contributed by atoms with E-state index in [2.05, 4.69) is 26.2 Å². The van der Waals surface area contributed by atoms with Gasteiger partial charge in [0.1, 0.15) is 11.2 Å². The van der Waals surface area contributed by atoms with Gasteiger partial charge in [-0.2, -0.15) is 0 Å². The van der Waals surface area contributed by atoms with E-state index >= 15 is 0 Å². The standard InChI is InChI=1S/C21H21BrCl2N4O3/c1-4-17(29)26-18(30)10-27(3)15-8-7-14(23)13(19(15)24)11-31-16-6-5-9-28-20(22)12(2)25-21(16)28/h5-9H,4,10-11H2,1-3H3,(H,26,29,30). The van der Waals surface area contributed by atoms with Crippen LogP contribution in [0, 0.1) is 6.92 Å². The molecule has 0 spiro atoms. The third-order valence-corrected chi connectivity index (χ3v) is 6.38. The number of halogens is 3. The van der Waals surface area contributed by atoms with Gasteiger partial charge in [0.2, 0.25) is 11.8 Å². The number of carbonyl (C=O) groups excluding carboxylic acids is 2. The first-order valence-electron chi connectivity index (χ1n) is 9.49. The van der Waals surface area contributed by atoms with Gasteiger partial charge < -0.3 is 9.64 Å². The van der Waals surface area contributed by atoms with Gasteiger partial charge in [-0.1, -0.05) is 30.1 Å². The number of pyridine rings is 1. The average molecular weight is 528 g/mol. The minimum atomic E-state index is -0.412. The molecule has 2 heterocycles. The predicted molar refractivity (Wildman–Crippen MR) is 125 cm³/mol. The van der Waals surface area contributed by atoms with Crippen LogP contribution in [0.3, 0.4) is 0 Å². The van der Waals surface area contributed by atoms with Crippen molar-refractivity contribution in [1.82, 2.24) is 14.7 Å². The number of aromatic nitrogens is 2. The molecule has 164 valence electrons. The van der Waals surface area contributed by atoms with E-state index in [0.717, 1.165) is 10.3 Å². The normalized spacial score (nSPS) is 10.9. The number of hydrogen-bond acceptors (Lipinski definition) is 5. The Bertz CT molecular complexity index is 1150. The van der Waals surface area contributed by atoms with Gasteiger partial charge in [0.05, 0.1) is 22.9 Å². The molecule has 0 atom stereocenters. The summed E-state index contributed by atoms with van der Waals surface area (Å²) in [5.74, 6) is -0.158. The third kappa shape index (κ3) is 5.14. The van der Waals surface area contributed by atoms with Gasteiger partial charge in [-0.25, -0.2) is 4.98 Å². The van der Waals surface area contributed by atoms with Gasteiger partial charge in [-0.3, -0.25) is 19.3 Å². The summed E-state index contributed by atoms with van der Waals surface area (Å²) in [7, 11) is 1.71. The lowest BCUT2D eigenvalue weighted by molar-refractivity contribution is -0.129. The van der Waals surface area contributed by atoms with Crippen molar-refractivity contribution in [3.8, 4) is 5.75 Å². The summed E-state index contributed by atoms with van der Waals surface area (Å²) in [5.41, 5.74) is 2.70. The Kier molecular flexibility index (Phi) is 7.46. The zero-order valence-electron chi connectivity index (χ0n) is 17.2. The van der Waals surface area contributed by atoms with Crippen LogP contribution in [0.4, 0.5) is 5.69 Å². The number of fused-ring (bicyclic) bond motifs is 1. The fourth-order valence-electron chi connectivity index (χ4n) is 2.99. The highest BCUT2D eigenvalue weighted by molar-refractivity contribution is 9.10. The van der Waals surface area contributed by atoms with E-state index in [1.807, 2.05) is 29.7 Å². The zero-order valence-corrected chi connectivity index (χ0v) is 20.3. The Labute approximate surface area is 198 Å². The summed E-state index contributed by atoms with van der Waals surface area (Å²) >= 11 is 16.5. The molecule has 0 bridgehead atoms. The number of ether oxygens (including phenoxy) is 1. The highest BCUT2D eigenvalue weighted by Crippen LogP contribution is 2.35. The van der Waals surface area contributed by atoms with Crippen LogP contribution in [0.5, 0.6) is 5.75 Å². The van der Waals surface area contributed by atoms with Crippen LogP contribution in [-0.4, -0.2) is 34.8 Å². The van der Waals surface area contributed by atoms with Gasteiger partial charge in [-0.05, 0) is 47.1 Å². The van der Waals surface area contributed by atoms with Crippen molar-refractivity contribution < 1.29 is 14.3 Å². The maximum Gasteiger partial charge on any atom is 0.246 e. The number of hydrogen-bond donors (Lipinski definition) is 1. The minimum absolute atomic E-state index is 0.0337. The van der Waals surface area contributed by atoms with Gasteiger partial charge in [0.15, 0.2) is 11.4 Å². The van der Waals surface area contributed by atoms with Crippen LogP contribution < -0.4 is 15.0 Å². The molecule has 0 saturated heterocycles. The number of nitrogens with zero attached hydrogens (tertiary/aromatic N) is 3. The Hall–Kier alpha value is -2.29. The number of aryl methyl sites for hydroxylation is 1. The molecule has 0 aliphatic carbocycles. The number of benzene rings is 1. The van der Waals surface area contributed by atoms with Crippen molar-refractivity contribution in [3.63, 3.8) is 0 Å². The summed E-state index contributed by atoms with van der Waals surface area (Å²) in [5, 5.41) is 3.14. The SMILES string of the molecule is CCC(=O)NC(=O)CN(C)c1ccc(Cl)c(COc2cccn3c(Br)c(C)nc23)c1Cl. The number of imide groups is 1. The van der Waals surface area contributed by atoms with Crippen LogP contribution in [0.1, 0.15) is 24.6 Å². The molecule has 2 aromatic heterocycles. The monoisotopic (exact) mass is 526 g/mol. The molecule has 0 aliphatic heterocycles. The van der Waals surface area contributed by atoms with E-state index in [-0.39, 0.29) is 25.5 Å². The van der Waals surface area contributed by atoms with Crippen LogP contribution in [0.15, 0.2) is 35.1 Å². The van der Waals surface area contributed by atoms with E-state index < -0.39 is 5.91 Å². The Morgan fingerprint density at radius 3 is 2.71 bits per heavy atom. The van der Waals surface area contributed by atoms with Crippen LogP contribution >= 0.6 is 39.1 Å². The van der Waals surface area contributed by atoms with E-state index in [1.165, 1.54) is 0 Å². The van der Waals surface area contributed by atoms with Crippen molar-refractivity contribution in [2.24, 2.45) is 0 Å². The highest BCUT2D eigenvalue weighted by Gasteiger charge is 2.18. The number of carbonyl (C=O) groups is 2. The van der Waals surface area contributed by atoms with Crippen LogP contribution in [0.2, 0.25) is 10.0 Å². The summed E-state index contributed by atoms with van der Waals surface area (Å²) in [4.78, 5) is 29.6. The highest BCUT2D eigenvalue weighted by atomic mass is 79.9. The molecular weight excluding hydrogens is 507 g/mol. The molecule has 0 saturated carbocycles. The number of anilines is 1. The maximum absolute atomic E-state index is 12.0. The molecule has 1 N–H and O–H groups in total. The fraction of sp³-hybridized carbons (Fsp3) is 0.286. The number of nitrogens with one attached hydrogen (secondary N) is 1. The van der Waals surface area contributed by atoms with E-state index in [4.69, 9.17) is 27.9 Å². The van der Waals surface area contributed by atoms with Crippen LogP contribution in [0.25, 0.3) is 5.65 Å². The Morgan fingerprint density at radius 1 is 1.26 bits per heavy atom. The predicted octanol–water partition coefficient (Wildman–Crippen LogP) is 4.78. The lowest BCUT2D eigenvalue weighted by Gasteiger charge is -2.22. The van der Waals surface area contributed by atoms with Crippen molar-refractivity contribution in [2.45, 2.75) is 26.9 Å². The quantitative estimate of drug-likeness (QED) is 0.478. The first-order chi connectivity index (χ1) is 14.7. The van der Waals surface area contributed by atoms with Crippen LogP contribution in [-0.2, 0) is 16.2 Å². The summed E-state index contributed by atoms with van der Waals surface area (Å²) in [6.45, 7) is 3.66. The molecule has 3 rings (SSSR count). The molecule has 7 nitrogen and oxygen atoms in total. The minimum Gasteiger partial charge on any atom is -0.485 e. The van der Waals surface area contributed by atoms with Gasteiger partial charge >= 0.3 is 0 Å². The zero-order chi connectivity index (χ0) is 22.7. The lowest BCUT2D eigenvalue weighted by atomic mass is 10.2. The molecule has 10 heteroatoms. The third-order valence-electron chi connectivity index (χ3n) is 4.64. The maximum atomic E-state index is 12.0. The van der Waals surface area contributed by atoms with Crippen molar-refractivity contribution in [3.05, 3.63) is 56.4 Å². The van der Waals surface area contributed by atoms with E-state index in [0.29, 0.717) is 32.7 Å². The molecule has 0 radical (unpaired) electrons. The second kappa shape index (κ2) is 9.89. The van der Waals surface area contributed by atoms with Gasteiger partial charge in [0.25, 0.3) is 0 Å². The van der Waals surface area contributed by atoms with E-state index in [1.54, 1.807) is 31.0 Å². The molecular formula is C21H21BrCl2N4O3. The topological polar surface area (TPSA) is 75.9 Å². The average Bonchev–Trinajstić information content (AvgIpc) is 3.02. The van der Waals surface area contributed by atoms with Gasteiger partial charge in [0, 0.05) is 30.3 Å². The molecule has 1 aromatic carbocycles. The van der Waals surface area contributed by atoms with E-state index in [9.17, 15) is 9.59 Å². The van der Waals surface area contributed by atoms with Crippen molar-refractivity contribution >= 4 is 62.3 Å². The van der Waals surface area contributed by atoms with Gasteiger partial charge in [-0.15, -0.1) is 0 Å². The number of likely N-dealkylation sites (N-methyl/N-ethyl adjacent to an activating group) is 1. The molecule has 31 heavy (non-hydrogen) atoms. The van der Waals surface area contributed by atoms with Crippen molar-refractivity contribution in [1.29, 1.82) is 0 Å². The smallest absolute Gasteiger partial charge is 0.246 e. The molecule has 0 unspecified atom stereocenters. The first-order valence-corrected chi connectivity index (χ1v) is 11.0. The summed E-state index contributed by atoms with van der Waals surface area (Å²) in [6, 6.07) is 7.10. The Balaban J connectivity index is 1.81. The fourth-order valence-corrected chi connectivity index (χ4v) is 3.98. The number of imidazole rings is 1. The Morgan fingerprint density at radius 2 is 2.00 bits per heavy atom. The first kappa shape index (κ1) is 23.4. The molecule has 2 amide bonds. The second-order valence-corrected chi connectivity index (χ2v) is 8.42. The summed E-state index contributed by atoms with van der Waals surface area (Å²) < 4.78 is 8.74. The summed E-state index contributed by atoms with van der Waals surface area (Å²) in [6.07, 6.45) is 2.12. The van der Waals surface area contributed by atoms with Crippen molar-refractivity contribution in [2.75, 3.05) is 18.5 Å². The molecule has 0 aliphatic rings. The molecule has 3 aromatic rings. The lowest BCUT2D eigenvalue weighted by Crippen LogP contribution is -2.38. The number of rotatable bonds is 7. The molecule has 0 fully saturated rings. The largest absolute Gasteiger partial charge is 0.485 e. The second-order valence-electron chi connectivity index (χ2n) is 6.88. The number of amides is 2.